The second-order valence-electron chi connectivity index (χ2n) is 6.93. The summed E-state index contributed by atoms with van der Waals surface area (Å²) in [5.41, 5.74) is 1.93. The maximum atomic E-state index is 12.4. The first-order valence-electron chi connectivity index (χ1n) is 9.29. The van der Waals surface area contributed by atoms with Crippen LogP contribution in [0.15, 0.2) is 17.7 Å². The molecule has 5 nitrogen and oxygen atoms in total. The Kier molecular flexibility index (Phi) is 5.83. The van der Waals surface area contributed by atoms with Crippen LogP contribution in [0.1, 0.15) is 74.1 Å². The number of amides is 1. The van der Waals surface area contributed by atoms with Gasteiger partial charge in [-0.15, -0.1) is 0 Å². The fraction of sp³-hybridized carbons (Fsp3) is 0.632. The van der Waals surface area contributed by atoms with Crippen molar-refractivity contribution < 1.29 is 4.79 Å². The zero-order valence-electron chi connectivity index (χ0n) is 14.6. The van der Waals surface area contributed by atoms with Crippen molar-refractivity contribution in [3.05, 3.63) is 29.2 Å². The second kappa shape index (κ2) is 8.27. The largest absolute Gasteiger partial charge is 0.367 e. The van der Waals surface area contributed by atoms with Crippen LogP contribution in [0.4, 0.5) is 5.82 Å². The molecule has 1 aromatic rings. The average molecular weight is 328 g/mol. The topological polar surface area (TPSA) is 66.9 Å². The van der Waals surface area contributed by atoms with Gasteiger partial charge in [0.15, 0.2) is 0 Å². The molecule has 1 saturated carbocycles. The van der Waals surface area contributed by atoms with E-state index in [1.54, 1.807) is 6.07 Å². The normalized spacial score (nSPS) is 18.3. The number of hydrogen-bond donors (Lipinski definition) is 2. The molecule has 0 spiro atoms. The van der Waals surface area contributed by atoms with Gasteiger partial charge in [0.25, 0.3) is 5.91 Å². The van der Waals surface area contributed by atoms with E-state index in [0.29, 0.717) is 24.1 Å². The SMILES string of the molecule is Cc1nc(NC2CCCC2)cc(C(=O)NCCC2=CCCCC2)n1. The number of carbonyl (C=O) groups excluding carboxylic acids is 1. The molecule has 24 heavy (non-hydrogen) atoms. The van der Waals surface area contributed by atoms with Gasteiger partial charge < -0.3 is 10.6 Å². The van der Waals surface area contributed by atoms with Crippen molar-refractivity contribution >= 4 is 11.7 Å². The van der Waals surface area contributed by atoms with Crippen molar-refractivity contribution in [2.24, 2.45) is 0 Å². The summed E-state index contributed by atoms with van der Waals surface area (Å²) in [5, 5.41) is 6.44. The summed E-state index contributed by atoms with van der Waals surface area (Å²) in [5.74, 6) is 1.30. The molecule has 0 atom stereocenters. The minimum Gasteiger partial charge on any atom is -0.367 e. The zero-order valence-corrected chi connectivity index (χ0v) is 14.6. The summed E-state index contributed by atoms with van der Waals surface area (Å²) in [6.45, 7) is 2.52. The fourth-order valence-corrected chi connectivity index (χ4v) is 3.60. The molecule has 0 saturated heterocycles. The molecule has 0 aromatic carbocycles. The standard InChI is InChI=1S/C19H28N4O/c1-14-21-17(13-18(22-14)23-16-9-5-6-10-16)19(24)20-12-11-15-7-3-2-4-8-15/h7,13,16H,2-6,8-12H2,1H3,(H,20,24)(H,21,22,23). The van der Waals surface area contributed by atoms with Crippen molar-refractivity contribution in [2.75, 3.05) is 11.9 Å². The Hall–Kier alpha value is -1.91. The Morgan fingerprint density at radius 2 is 2.04 bits per heavy atom. The summed E-state index contributed by atoms with van der Waals surface area (Å²) < 4.78 is 0. The molecular formula is C19H28N4O. The van der Waals surface area contributed by atoms with Crippen LogP contribution in [0.25, 0.3) is 0 Å². The van der Waals surface area contributed by atoms with Gasteiger partial charge in [0.1, 0.15) is 17.3 Å². The van der Waals surface area contributed by atoms with Crippen LogP contribution in [0.5, 0.6) is 0 Å². The van der Waals surface area contributed by atoms with Gasteiger partial charge in [0.05, 0.1) is 0 Å². The zero-order chi connectivity index (χ0) is 16.8. The summed E-state index contributed by atoms with van der Waals surface area (Å²) >= 11 is 0. The Morgan fingerprint density at radius 1 is 1.21 bits per heavy atom. The predicted octanol–water partition coefficient (Wildman–Crippen LogP) is 3.76. The maximum Gasteiger partial charge on any atom is 0.270 e. The molecule has 2 aliphatic rings. The highest BCUT2D eigenvalue weighted by atomic mass is 16.1. The van der Waals surface area contributed by atoms with Crippen molar-refractivity contribution in [1.29, 1.82) is 0 Å². The van der Waals surface area contributed by atoms with E-state index in [-0.39, 0.29) is 5.91 Å². The molecule has 0 unspecified atom stereocenters. The molecular weight excluding hydrogens is 300 g/mol. The molecule has 3 rings (SSSR count). The highest BCUT2D eigenvalue weighted by molar-refractivity contribution is 5.92. The third-order valence-corrected chi connectivity index (χ3v) is 4.89. The maximum absolute atomic E-state index is 12.4. The van der Waals surface area contributed by atoms with Gasteiger partial charge in [-0.2, -0.15) is 0 Å². The van der Waals surface area contributed by atoms with E-state index < -0.39 is 0 Å². The summed E-state index contributed by atoms with van der Waals surface area (Å²) in [7, 11) is 0. The Labute approximate surface area is 144 Å². The number of allylic oxidation sites excluding steroid dienone is 1. The van der Waals surface area contributed by atoms with Gasteiger partial charge in [-0.05, 0) is 51.9 Å². The van der Waals surface area contributed by atoms with Crippen molar-refractivity contribution in [3.8, 4) is 0 Å². The number of rotatable bonds is 6. The first-order valence-corrected chi connectivity index (χ1v) is 9.29. The smallest absolute Gasteiger partial charge is 0.270 e. The van der Waals surface area contributed by atoms with Crippen LogP contribution in [-0.2, 0) is 0 Å². The first-order chi connectivity index (χ1) is 11.7. The predicted molar refractivity (Wildman–Crippen MR) is 96.1 cm³/mol. The van der Waals surface area contributed by atoms with E-state index in [4.69, 9.17) is 0 Å². The van der Waals surface area contributed by atoms with Crippen molar-refractivity contribution in [2.45, 2.75) is 70.8 Å². The van der Waals surface area contributed by atoms with Gasteiger partial charge in [-0.1, -0.05) is 24.5 Å². The van der Waals surface area contributed by atoms with Crippen molar-refractivity contribution in [3.63, 3.8) is 0 Å². The third kappa shape index (κ3) is 4.79. The number of hydrogen-bond acceptors (Lipinski definition) is 4. The Balaban J connectivity index is 1.55. The molecule has 1 aromatic heterocycles. The highest BCUT2D eigenvalue weighted by Crippen LogP contribution is 2.22. The average Bonchev–Trinajstić information content (AvgIpc) is 3.08. The van der Waals surface area contributed by atoms with Crippen LogP contribution in [0, 0.1) is 6.92 Å². The number of anilines is 1. The van der Waals surface area contributed by atoms with Gasteiger partial charge in [-0.3, -0.25) is 4.79 Å². The lowest BCUT2D eigenvalue weighted by atomic mass is 9.97. The second-order valence-corrected chi connectivity index (χ2v) is 6.93. The molecule has 130 valence electrons. The molecule has 1 amide bonds. The molecule has 5 heteroatoms. The third-order valence-electron chi connectivity index (χ3n) is 4.89. The minimum absolute atomic E-state index is 0.105. The Morgan fingerprint density at radius 3 is 2.79 bits per heavy atom. The van der Waals surface area contributed by atoms with E-state index in [0.717, 1.165) is 12.2 Å². The lowest BCUT2D eigenvalue weighted by Gasteiger charge is -2.14. The number of aryl methyl sites for hydroxylation is 1. The highest BCUT2D eigenvalue weighted by Gasteiger charge is 2.17. The summed E-state index contributed by atoms with van der Waals surface area (Å²) in [6, 6.07) is 2.26. The molecule has 0 bridgehead atoms. The van der Waals surface area contributed by atoms with Gasteiger partial charge in [0.2, 0.25) is 0 Å². The van der Waals surface area contributed by atoms with Crippen LogP contribution < -0.4 is 10.6 Å². The van der Waals surface area contributed by atoms with Gasteiger partial charge >= 0.3 is 0 Å². The van der Waals surface area contributed by atoms with Crippen LogP contribution in [0.3, 0.4) is 0 Å². The summed E-state index contributed by atoms with van der Waals surface area (Å²) in [6.07, 6.45) is 13.1. The fourth-order valence-electron chi connectivity index (χ4n) is 3.60. The molecule has 0 aliphatic heterocycles. The van der Waals surface area contributed by atoms with Gasteiger partial charge in [0, 0.05) is 18.7 Å². The number of carbonyl (C=O) groups is 1. The number of aromatic nitrogens is 2. The van der Waals surface area contributed by atoms with Crippen LogP contribution in [-0.4, -0.2) is 28.5 Å². The van der Waals surface area contributed by atoms with Crippen molar-refractivity contribution in [1.82, 2.24) is 15.3 Å². The molecule has 2 aliphatic carbocycles. The van der Waals surface area contributed by atoms with E-state index in [2.05, 4.69) is 26.7 Å². The van der Waals surface area contributed by atoms with E-state index >= 15 is 0 Å². The minimum atomic E-state index is -0.105. The van der Waals surface area contributed by atoms with E-state index in [1.165, 1.54) is 56.9 Å². The Bertz CT molecular complexity index is 605. The summed E-state index contributed by atoms with van der Waals surface area (Å²) in [4.78, 5) is 21.1. The molecule has 1 heterocycles. The monoisotopic (exact) mass is 328 g/mol. The quantitative estimate of drug-likeness (QED) is 0.780. The van der Waals surface area contributed by atoms with E-state index in [9.17, 15) is 4.79 Å². The first kappa shape index (κ1) is 16.9. The van der Waals surface area contributed by atoms with Gasteiger partial charge in [-0.25, -0.2) is 9.97 Å². The molecule has 1 fully saturated rings. The number of nitrogens with one attached hydrogen (secondary N) is 2. The van der Waals surface area contributed by atoms with Crippen LogP contribution >= 0.6 is 0 Å². The van der Waals surface area contributed by atoms with Crippen LogP contribution in [0.2, 0.25) is 0 Å². The lowest BCUT2D eigenvalue weighted by Crippen LogP contribution is -2.26. The lowest BCUT2D eigenvalue weighted by molar-refractivity contribution is 0.0948. The van der Waals surface area contributed by atoms with E-state index in [1.807, 2.05) is 6.92 Å². The molecule has 0 radical (unpaired) electrons. The molecule has 2 N–H and O–H groups in total. The number of nitrogens with zero attached hydrogens (tertiary/aromatic N) is 2.